The number of nitrogens with zero attached hydrogens (tertiary/aromatic N) is 4. The van der Waals surface area contributed by atoms with E-state index in [0.717, 1.165) is 21.4 Å². The molecule has 182 valence electrons. The van der Waals surface area contributed by atoms with Crippen molar-refractivity contribution in [2.24, 2.45) is 5.92 Å². The lowest BCUT2D eigenvalue weighted by molar-refractivity contribution is -0.121. The van der Waals surface area contributed by atoms with Gasteiger partial charge in [0.25, 0.3) is 11.8 Å². The number of hydrogen-bond donors (Lipinski definition) is 1. The number of benzene rings is 2. The highest BCUT2D eigenvalue weighted by Crippen LogP contribution is 2.29. The van der Waals surface area contributed by atoms with E-state index in [1.54, 1.807) is 35.0 Å². The molecule has 2 atom stereocenters. The second-order valence-electron chi connectivity index (χ2n) is 9.24. The van der Waals surface area contributed by atoms with Crippen LogP contribution in [0.3, 0.4) is 0 Å². The Morgan fingerprint density at radius 3 is 2.28 bits per heavy atom. The van der Waals surface area contributed by atoms with E-state index < -0.39 is 23.8 Å². The molecule has 1 aliphatic heterocycles. The van der Waals surface area contributed by atoms with Gasteiger partial charge in [0.15, 0.2) is 5.82 Å². The van der Waals surface area contributed by atoms with Gasteiger partial charge in [-0.15, -0.1) is 0 Å². The molecular formula is C28H27N5O3. The number of aromatic nitrogens is 3. The third-order valence-electron chi connectivity index (χ3n) is 6.76. The third-order valence-corrected chi connectivity index (χ3v) is 6.76. The number of anilines is 1. The van der Waals surface area contributed by atoms with Crippen molar-refractivity contribution < 1.29 is 14.4 Å². The van der Waals surface area contributed by atoms with Crippen LogP contribution in [0.2, 0.25) is 0 Å². The Hall–Kier alpha value is -4.33. The second kappa shape index (κ2) is 9.03. The fourth-order valence-electron chi connectivity index (χ4n) is 4.72. The number of nitrogens with one attached hydrogen (secondary N) is 1. The van der Waals surface area contributed by atoms with E-state index in [-0.39, 0.29) is 5.92 Å². The molecule has 1 N–H and O–H groups in total. The maximum atomic E-state index is 13.7. The van der Waals surface area contributed by atoms with E-state index in [0.29, 0.717) is 34.9 Å². The molecule has 0 fully saturated rings. The SMILES string of the molecule is CCC(C)C(C(=O)Nc1cc(C)nn1-c1cc(C)c2ccccc2n1)N1C(=O)c2ccccc2C1=O. The summed E-state index contributed by atoms with van der Waals surface area (Å²) in [4.78, 5) is 45.9. The van der Waals surface area contributed by atoms with Crippen molar-refractivity contribution in [3.05, 3.63) is 83.0 Å². The zero-order valence-electron chi connectivity index (χ0n) is 20.6. The third kappa shape index (κ3) is 3.84. The molecule has 1 aliphatic rings. The minimum atomic E-state index is -0.975. The summed E-state index contributed by atoms with van der Waals surface area (Å²) in [5.74, 6) is -0.622. The Morgan fingerprint density at radius 1 is 0.972 bits per heavy atom. The fourth-order valence-corrected chi connectivity index (χ4v) is 4.72. The standard InChI is InChI=1S/C28H27N5O3/c1-5-16(2)25(32-27(35)20-11-6-7-12-21(20)28(32)36)26(34)30-24-15-18(4)31-33(24)23-14-17(3)19-10-8-9-13-22(19)29-23/h6-16,25H,5H2,1-4H3,(H,30,34). The van der Waals surface area contributed by atoms with Gasteiger partial charge >= 0.3 is 0 Å². The van der Waals surface area contributed by atoms with Crippen LogP contribution in [0.25, 0.3) is 16.7 Å². The first-order chi connectivity index (χ1) is 17.3. The fraction of sp³-hybridized carbons (Fsp3) is 0.250. The van der Waals surface area contributed by atoms with Gasteiger partial charge in [0, 0.05) is 11.5 Å². The van der Waals surface area contributed by atoms with Gasteiger partial charge in [-0.05, 0) is 49.6 Å². The molecule has 0 saturated carbocycles. The Morgan fingerprint density at radius 2 is 1.61 bits per heavy atom. The molecule has 2 unspecified atom stereocenters. The molecule has 36 heavy (non-hydrogen) atoms. The number of aryl methyl sites for hydroxylation is 2. The molecule has 5 rings (SSSR count). The number of hydrogen-bond acceptors (Lipinski definition) is 5. The van der Waals surface area contributed by atoms with Crippen LogP contribution in [-0.4, -0.2) is 43.4 Å². The summed E-state index contributed by atoms with van der Waals surface area (Å²) in [6.07, 6.45) is 0.606. The van der Waals surface area contributed by atoms with Gasteiger partial charge in [-0.3, -0.25) is 19.3 Å². The predicted molar refractivity (Wildman–Crippen MR) is 137 cm³/mol. The van der Waals surface area contributed by atoms with Crippen molar-refractivity contribution in [1.29, 1.82) is 0 Å². The number of para-hydroxylation sites is 1. The van der Waals surface area contributed by atoms with Crippen molar-refractivity contribution in [3.8, 4) is 5.82 Å². The highest BCUT2D eigenvalue weighted by molar-refractivity contribution is 6.23. The summed E-state index contributed by atoms with van der Waals surface area (Å²) in [5, 5.41) is 8.53. The van der Waals surface area contributed by atoms with Gasteiger partial charge in [0.05, 0.1) is 22.3 Å². The monoisotopic (exact) mass is 481 g/mol. The maximum absolute atomic E-state index is 13.7. The topological polar surface area (TPSA) is 97.2 Å². The summed E-state index contributed by atoms with van der Waals surface area (Å²) in [5.41, 5.74) is 3.19. The van der Waals surface area contributed by atoms with E-state index in [1.807, 2.05) is 58.0 Å². The van der Waals surface area contributed by atoms with Crippen molar-refractivity contribution in [1.82, 2.24) is 19.7 Å². The van der Waals surface area contributed by atoms with Gasteiger partial charge in [0.1, 0.15) is 11.9 Å². The lowest BCUT2D eigenvalue weighted by atomic mass is 9.96. The van der Waals surface area contributed by atoms with Crippen molar-refractivity contribution in [3.63, 3.8) is 0 Å². The molecule has 0 bridgehead atoms. The Bertz CT molecular complexity index is 1490. The molecule has 3 heterocycles. The van der Waals surface area contributed by atoms with Crippen molar-refractivity contribution in [2.75, 3.05) is 5.32 Å². The van der Waals surface area contributed by atoms with Gasteiger partial charge < -0.3 is 5.32 Å². The smallest absolute Gasteiger partial charge is 0.262 e. The highest BCUT2D eigenvalue weighted by atomic mass is 16.2. The first-order valence-corrected chi connectivity index (χ1v) is 12.0. The van der Waals surface area contributed by atoms with E-state index in [4.69, 9.17) is 4.98 Å². The summed E-state index contributed by atoms with van der Waals surface area (Å²) in [6, 6.07) is 17.2. The molecule has 0 saturated heterocycles. The minimum Gasteiger partial charge on any atom is -0.309 e. The van der Waals surface area contributed by atoms with Crippen LogP contribution >= 0.6 is 0 Å². The summed E-state index contributed by atoms with van der Waals surface area (Å²) in [6.45, 7) is 7.63. The van der Waals surface area contributed by atoms with Crippen LogP contribution < -0.4 is 5.32 Å². The number of carbonyl (C=O) groups is 3. The second-order valence-corrected chi connectivity index (χ2v) is 9.24. The lowest BCUT2D eigenvalue weighted by Gasteiger charge is -2.29. The molecule has 0 aliphatic carbocycles. The first-order valence-electron chi connectivity index (χ1n) is 12.0. The van der Waals surface area contributed by atoms with Crippen LogP contribution in [0.1, 0.15) is 52.2 Å². The van der Waals surface area contributed by atoms with Crippen LogP contribution in [0, 0.1) is 19.8 Å². The van der Waals surface area contributed by atoms with Crippen LogP contribution in [0.5, 0.6) is 0 Å². The Kier molecular flexibility index (Phi) is 5.88. The molecule has 2 aromatic carbocycles. The molecule has 4 aromatic rings. The number of pyridine rings is 1. The quantitative estimate of drug-likeness (QED) is 0.403. The zero-order chi connectivity index (χ0) is 25.6. The van der Waals surface area contributed by atoms with Crippen LogP contribution in [0.4, 0.5) is 5.82 Å². The summed E-state index contributed by atoms with van der Waals surface area (Å²) >= 11 is 0. The van der Waals surface area contributed by atoms with Gasteiger partial charge in [-0.25, -0.2) is 4.98 Å². The van der Waals surface area contributed by atoms with Crippen molar-refractivity contribution >= 4 is 34.4 Å². The molecule has 8 nitrogen and oxygen atoms in total. The first kappa shape index (κ1) is 23.4. The average molecular weight is 482 g/mol. The Balaban J connectivity index is 1.51. The molecule has 8 heteroatoms. The summed E-state index contributed by atoms with van der Waals surface area (Å²) < 4.78 is 1.59. The van der Waals surface area contributed by atoms with Crippen molar-refractivity contribution in [2.45, 2.75) is 40.2 Å². The Labute approximate surface area is 208 Å². The highest BCUT2D eigenvalue weighted by Gasteiger charge is 2.44. The minimum absolute atomic E-state index is 0.259. The molecule has 0 radical (unpaired) electrons. The molecule has 2 aromatic heterocycles. The number of fused-ring (bicyclic) bond motifs is 2. The van der Waals surface area contributed by atoms with E-state index in [1.165, 1.54) is 0 Å². The number of amides is 3. The van der Waals surface area contributed by atoms with E-state index in [2.05, 4.69) is 10.4 Å². The predicted octanol–water partition coefficient (Wildman–Crippen LogP) is 4.69. The van der Waals surface area contributed by atoms with Gasteiger partial charge in [0.2, 0.25) is 5.91 Å². The average Bonchev–Trinajstić information content (AvgIpc) is 3.36. The molecule has 0 spiro atoms. The van der Waals surface area contributed by atoms with Gasteiger partial charge in [-0.2, -0.15) is 9.78 Å². The molecular weight excluding hydrogens is 454 g/mol. The number of carbonyl (C=O) groups excluding carboxylic acids is 3. The normalized spacial score (nSPS) is 14.7. The maximum Gasteiger partial charge on any atom is 0.262 e. The number of imide groups is 1. The van der Waals surface area contributed by atoms with Crippen LogP contribution in [0.15, 0.2) is 60.7 Å². The lowest BCUT2D eigenvalue weighted by Crippen LogP contribution is -2.50. The van der Waals surface area contributed by atoms with Crippen LogP contribution in [-0.2, 0) is 4.79 Å². The van der Waals surface area contributed by atoms with Gasteiger partial charge in [-0.1, -0.05) is 50.6 Å². The van der Waals surface area contributed by atoms with E-state index >= 15 is 0 Å². The summed E-state index contributed by atoms with van der Waals surface area (Å²) in [7, 11) is 0. The number of rotatable bonds is 6. The molecule has 3 amide bonds. The van der Waals surface area contributed by atoms with E-state index in [9.17, 15) is 14.4 Å². The zero-order valence-corrected chi connectivity index (χ0v) is 20.6. The largest absolute Gasteiger partial charge is 0.309 e.